The lowest BCUT2D eigenvalue weighted by Crippen LogP contribution is -2.50. The first-order chi connectivity index (χ1) is 7.56. The van der Waals surface area contributed by atoms with Crippen LogP contribution in [0.3, 0.4) is 0 Å². The van der Waals surface area contributed by atoms with Gasteiger partial charge < -0.3 is 15.6 Å². The largest absolute Gasteiger partial charge is 0.545 e. The van der Waals surface area contributed by atoms with Gasteiger partial charge in [-0.3, -0.25) is 0 Å². The second kappa shape index (κ2) is 5.55. The van der Waals surface area contributed by atoms with Crippen LogP contribution in [0, 0.1) is 13.8 Å². The standard InChI is InChI=1S/C11H17N3O2/c1-7-10(11(15)16)9(5-3-4-6-12)14-8(2)13-7/h3-6,12H2,1-2H3,(H,15,16). The van der Waals surface area contributed by atoms with Gasteiger partial charge in [-0.1, -0.05) is 0 Å². The molecule has 1 aromatic heterocycles. The molecular weight excluding hydrogens is 206 g/mol. The Bertz CT molecular complexity index is 391. The molecule has 0 fully saturated rings. The fraction of sp³-hybridized carbons (Fsp3) is 0.545. The van der Waals surface area contributed by atoms with Gasteiger partial charge in [-0.05, 0) is 33.1 Å². The smallest absolute Gasteiger partial charge is 0.125 e. The summed E-state index contributed by atoms with van der Waals surface area (Å²) in [5, 5.41) is 11.0. The van der Waals surface area contributed by atoms with Crippen molar-refractivity contribution in [3.05, 3.63) is 22.8 Å². The molecule has 0 aliphatic rings. The van der Waals surface area contributed by atoms with E-state index in [0.717, 1.165) is 19.4 Å². The van der Waals surface area contributed by atoms with Gasteiger partial charge in [0.05, 0.1) is 23.9 Å². The average molecular weight is 223 g/mol. The maximum Gasteiger partial charge on any atom is 0.125 e. The van der Waals surface area contributed by atoms with E-state index in [4.69, 9.17) is 0 Å². The molecule has 0 radical (unpaired) electrons. The van der Waals surface area contributed by atoms with Gasteiger partial charge in [0.1, 0.15) is 5.82 Å². The molecule has 0 atom stereocenters. The van der Waals surface area contributed by atoms with Gasteiger partial charge in [-0.25, -0.2) is 9.97 Å². The van der Waals surface area contributed by atoms with Gasteiger partial charge in [-0.2, -0.15) is 0 Å². The molecule has 0 amide bonds. The highest BCUT2D eigenvalue weighted by molar-refractivity contribution is 5.88. The summed E-state index contributed by atoms with van der Waals surface area (Å²) in [6.45, 7) is 4.28. The number of rotatable bonds is 5. The predicted molar refractivity (Wildman–Crippen MR) is 56.5 cm³/mol. The molecule has 0 unspecified atom stereocenters. The Kier molecular flexibility index (Phi) is 4.37. The Morgan fingerprint density at radius 2 is 2.00 bits per heavy atom. The van der Waals surface area contributed by atoms with Crippen LogP contribution in [0.5, 0.6) is 0 Å². The van der Waals surface area contributed by atoms with Crippen molar-refractivity contribution in [3.8, 4) is 0 Å². The predicted octanol–water partition coefficient (Wildman–Crippen LogP) is -0.978. The molecule has 16 heavy (non-hydrogen) atoms. The first-order valence-corrected chi connectivity index (χ1v) is 5.41. The van der Waals surface area contributed by atoms with Crippen LogP contribution in [-0.4, -0.2) is 22.5 Å². The van der Waals surface area contributed by atoms with Crippen LogP contribution in [0.15, 0.2) is 0 Å². The van der Waals surface area contributed by atoms with E-state index in [1.54, 1.807) is 13.8 Å². The molecule has 0 aliphatic carbocycles. The quantitative estimate of drug-likeness (QED) is 0.649. The average Bonchev–Trinajstić information content (AvgIpc) is 2.16. The highest BCUT2D eigenvalue weighted by atomic mass is 16.4. The summed E-state index contributed by atoms with van der Waals surface area (Å²) in [5.74, 6) is -0.589. The van der Waals surface area contributed by atoms with E-state index in [-0.39, 0.29) is 5.56 Å². The SMILES string of the molecule is Cc1nc(C)c(C(=O)[O-])c(CCCC[NH3+])n1. The molecule has 0 spiro atoms. The summed E-state index contributed by atoms with van der Waals surface area (Å²) in [5.41, 5.74) is 4.96. The molecule has 3 N–H and O–H groups in total. The molecule has 1 heterocycles. The van der Waals surface area contributed by atoms with E-state index < -0.39 is 5.97 Å². The van der Waals surface area contributed by atoms with Gasteiger partial charge in [-0.15, -0.1) is 0 Å². The second-order valence-electron chi connectivity index (χ2n) is 3.78. The molecule has 88 valence electrons. The summed E-state index contributed by atoms with van der Waals surface area (Å²) in [4.78, 5) is 19.2. The van der Waals surface area contributed by atoms with E-state index in [1.807, 2.05) is 0 Å². The first kappa shape index (κ1) is 12.6. The van der Waals surface area contributed by atoms with Crippen molar-refractivity contribution in [2.24, 2.45) is 0 Å². The molecule has 5 nitrogen and oxygen atoms in total. The zero-order valence-corrected chi connectivity index (χ0v) is 9.75. The van der Waals surface area contributed by atoms with Crippen molar-refractivity contribution in [1.82, 2.24) is 9.97 Å². The van der Waals surface area contributed by atoms with Gasteiger partial charge in [0.15, 0.2) is 0 Å². The van der Waals surface area contributed by atoms with Crippen molar-refractivity contribution in [3.63, 3.8) is 0 Å². The summed E-state index contributed by atoms with van der Waals surface area (Å²) >= 11 is 0. The van der Waals surface area contributed by atoms with E-state index in [2.05, 4.69) is 15.7 Å². The summed E-state index contributed by atoms with van der Waals surface area (Å²) in [7, 11) is 0. The van der Waals surface area contributed by atoms with Crippen LogP contribution in [0.4, 0.5) is 0 Å². The third-order valence-corrected chi connectivity index (χ3v) is 2.39. The number of aryl methyl sites for hydroxylation is 3. The lowest BCUT2D eigenvalue weighted by molar-refractivity contribution is -0.368. The van der Waals surface area contributed by atoms with Crippen molar-refractivity contribution < 1.29 is 15.6 Å². The van der Waals surface area contributed by atoms with Crippen LogP contribution < -0.4 is 10.8 Å². The summed E-state index contributed by atoms with van der Waals surface area (Å²) < 4.78 is 0. The third-order valence-electron chi connectivity index (χ3n) is 2.39. The molecule has 0 aliphatic heterocycles. The minimum Gasteiger partial charge on any atom is -0.545 e. The lowest BCUT2D eigenvalue weighted by Gasteiger charge is -2.12. The molecule has 1 aromatic rings. The van der Waals surface area contributed by atoms with E-state index in [1.165, 1.54) is 0 Å². The minimum absolute atomic E-state index is 0.148. The topological polar surface area (TPSA) is 93.5 Å². The Labute approximate surface area is 94.7 Å². The van der Waals surface area contributed by atoms with Crippen LogP contribution >= 0.6 is 0 Å². The number of hydrogen-bond acceptors (Lipinski definition) is 4. The highest BCUT2D eigenvalue weighted by Crippen LogP contribution is 2.12. The number of carbonyl (C=O) groups excluding carboxylic acids is 1. The number of carboxylic acids is 1. The number of nitrogens with zero attached hydrogens (tertiary/aromatic N) is 2. The number of quaternary nitrogens is 1. The summed E-state index contributed by atoms with van der Waals surface area (Å²) in [6, 6.07) is 0. The molecule has 0 saturated heterocycles. The molecule has 5 heteroatoms. The van der Waals surface area contributed by atoms with Crippen LogP contribution in [0.2, 0.25) is 0 Å². The molecule has 0 saturated carbocycles. The zero-order valence-electron chi connectivity index (χ0n) is 9.75. The van der Waals surface area contributed by atoms with Crippen molar-refractivity contribution in [2.45, 2.75) is 33.1 Å². The van der Waals surface area contributed by atoms with Crippen LogP contribution in [-0.2, 0) is 6.42 Å². The maximum atomic E-state index is 11.0. The second-order valence-corrected chi connectivity index (χ2v) is 3.78. The maximum absolute atomic E-state index is 11.0. The Hall–Kier alpha value is -1.49. The number of carbonyl (C=O) groups is 1. The lowest BCUT2D eigenvalue weighted by atomic mass is 10.1. The number of aromatic carboxylic acids is 1. The molecular formula is C11H17N3O2. The zero-order chi connectivity index (χ0) is 12.1. The Balaban J connectivity index is 2.99. The fourth-order valence-electron chi connectivity index (χ4n) is 1.70. The van der Waals surface area contributed by atoms with E-state index >= 15 is 0 Å². The minimum atomic E-state index is -1.19. The Morgan fingerprint density at radius 3 is 2.56 bits per heavy atom. The highest BCUT2D eigenvalue weighted by Gasteiger charge is 2.10. The van der Waals surface area contributed by atoms with Crippen molar-refractivity contribution in [1.29, 1.82) is 0 Å². The van der Waals surface area contributed by atoms with E-state index in [9.17, 15) is 9.90 Å². The van der Waals surface area contributed by atoms with E-state index in [0.29, 0.717) is 23.6 Å². The number of hydrogen-bond donors (Lipinski definition) is 1. The first-order valence-electron chi connectivity index (χ1n) is 5.41. The number of unbranched alkanes of at least 4 members (excludes halogenated alkanes) is 1. The van der Waals surface area contributed by atoms with Crippen LogP contribution in [0.1, 0.15) is 40.4 Å². The fourth-order valence-corrected chi connectivity index (χ4v) is 1.70. The van der Waals surface area contributed by atoms with Crippen LogP contribution in [0.25, 0.3) is 0 Å². The monoisotopic (exact) mass is 223 g/mol. The normalized spacial score (nSPS) is 10.4. The summed E-state index contributed by atoms with van der Waals surface area (Å²) in [6.07, 6.45) is 2.50. The van der Waals surface area contributed by atoms with Gasteiger partial charge in [0.25, 0.3) is 0 Å². The molecule has 0 aromatic carbocycles. The number of carboxylic acid groups (broad SMARTS) is 1. The van der Waals surface area contributed by atoms with Gasteiger partial charge in [0, 0.05) is 5.56 Å². The van der Waals surface area contributed by atoms with Gasteiger partial charge >= 0.3 is 0 Å². The molecule has 0 bridgehead atoms. The third kappa shape index (κ3) is 3.00. The van der Waals surface area contributed by atoms with Crippen molar-refractivity contribution >= 4 is 5.97 Å². The Morgan fingerprint density at radius 1 is 1.31 bits per heavy atom. The van der Waals surface area contributed by atoms with Crippen molar-refractivity contribution in [2.75, 3.05) is 6.54 Å². The van der Waals surface area contributed by atoms with Gasteiger partial charge in [0.2, 0.25) is 0 Å². The molecule has 1 rings (SSSR count). The number of aromatic nitrogens is 2.